The van der Waals surface area contributed by atoms with Crippen molar-refractivity contribution < 1.29 is 22.2 Å². The molecule has 1 aliphatic carbocycles. The Morgan fingerprint density at radius 3 is 2.27 bits per heavy atom. The summed E-state index contributed by atoms with van der Waals surface area (Å²) >= 11 is 0. The van der Waals surface area contributed by atoms with E-state index in [0.717, 1.165) is 32.1 Å². The number of rotatable bonds is 9. The number of hydrogen-bond donors (Lipinski definition) is 1. The second kappa shape index (κ2) is 11.6. The number of esters is 1. The van der Waals surface area contributed by atoms with Gasteiger partial charge in [0.2, 0.25) is 10.0 Å². The zero-order chi connectivity index (χ0) is 24.7. The van der Waals surface area contributed by atoms with Gasteiger partial charge in [0.25, 0.3) is 0 Å². The fourth-order valence-corrected chi connectivity index (χ4v) is 6.35. The predicted octanol–water partition coefficient (Wildman–Crippen LogP) is 4.50. The number of nitrogens with one attached hydrogen (secondary N) is 1. The summed E-state index contributed by atoms with van der Waals surface area (Å²) in [6.07, 6.45) is 6.56. The average Bonchev–Trinajstić information content (AvgIpc) is 2.79. The normalized spacial score (nSPS) is 19.5. The minimum absolute atomic E-state index is 0.0587. The van der Waals surface area contributed by atoms with Crippen LogP contribution in [0.1, 0.15) is 59.8 Å². The number of sulfonamides is 1. The van der Waals surface area contributed by atoms with E-state index in [2.05, 4.69) is 9.08 Å². The number of carbonyl (C=O) groups is 1. The maximum absolute atomic E-state index is 13.6. The van der Waals surface area contributed by atoms with Crippen LogP contribution in [0, 0.1) is 11.8 Å². The average molecular weight is 499 g/mol. The minimum Gasteiger partial charge on any atom is -0.465 e. The number of ether oxygens (including phenoxy) is 1. The van der Waals surface area contributed by atoms with E-state index in [1.807, 2.05) is 6.07 Å². The first-order chi connectivity index (χ1) is 15.4. The van der Waals surface area contributed by atoms with Crippen molar-refractivity contribution in [3.8, 4) is 0 Å². The smallest absolute Gasteiger partial charge is 0.324 e. The molecule has 0 heterocycles. The fraction of sp³-hybridized carbons (Fsp3) is 0.625. The number of nitrogens with zero attached hydrogens (tertiary/aromatic N) is 1. The summed E-state index contributed by atoms with van der Waals surface area (Å²) in [6.45, 7) is 6.58. The Hall–Kier alpha value is -1.71. The summed E-state index contributed by atoms with van der Waals surface area (Å²) in [6, 6.07) is 7.83. The van der Waals surface area contributed by atoms with Gasteiger partial charge in [-0.2, -0.15) is 4.72 Å². The zero-order valence-corrected chi connectivity index (χ0v) is 22.0. The Kier molecular flexibility index (Phi) is 9.70. The van der Waals surface area contributed by atoms with Crippen molar-refractivity contribution in [1.82, 2.24) is 4.72 Å². The lowest BCUT2D eigenvalue weighted by Crippen LogP contribution is -2.53. The van der Waals surface area contributed by atoms with Crippen LogP contribution in [0.4, 0.5) is 0 Å². The highest BCUT2D eigenvalue weighted by Gasteiger charge is 2.40. The van der Waals surface area contributed by atoms with E-state index in [9.17, 15) is 17.4 Å². The molecular formula is C24H38N2O5S2. The minimum atomic E-state index is -3.83. The van der Waals surface area contributed by atoms with E-state index in [4.69, 9.17) is 4.74 Å². The van der Waals surface area contributed by atoms with Crippen LogP contribution in [0.2, 0.25) is 0 Å². The van der Waals surface area contributed by atoms with Crippen LogP contribution in [-0.2, 0) is 29.3 Å². The van der Waals surface area contributed by atoms with Crippen molar-refractivity contribution in [2.45, 2.75) is 75.5 Å². The molecule has 0 aliphatic heterocycles. The van der Waals surface area contributed by atoms with E-state index < -0.39 is 42.4 Å². The number of carbonyl (C=O) groups excluding carboxylic acids is 1. The van der Waals surface area contributed by atoms with Gasteiger partial charge >= 0.3 is 5.97 Å². The van der Waals surface area contributed by atoms with Gasteiger partial charge < -0.3 is 4.74 Å². The molecule has 0 aromatic heterocycles. The molecule has 0 radical (unpaired) electrons. The predicted molar refractivity (Wildman–Crippen MR) is 133 cm³/mol. The Morgan fingerprint density at radius 1 is 1.15 bits per heavy atom. The third-order valence-electron chi connectivity index (χ3n) is 6.05. The zero-order valence-electron chi connectivity index (χ0n) is 20.3. The quantitative estimate of drug-likeness (QED) is 0.505. The van der Waals surface area contributed by atoms with Crippen LogP contribution in [0.3, 0.4) is 0 Å². The first kappa shape index (κ1) is 27.5. The summed E-state index contributed by atoms with van der Waals surface area (Å²) in [5.74, 6) is -1.07. The van der Waals surface area contributed by atoms with Gasteiger partial charge in [0.05, 0.1) is 26.0 Å². The van der Waals surface area contributed by atoms with Crippen LogP contribution in [0.5, 0.6) is 0 Å². The molecule has 1 aromatic rings. The molecule has 7 nitrogen and oxygen atoms in total. The van der Waals surface area contributed by atoms with E-state index >= 15 is 0 Å². The molecule has 1 aromatic carbocycles. The van der Waals surface area contributed by atoms with Crippen molar-refractivity contribution in [3.05, 3.63) is 41.8 Å². The second-order valence-corrected chi connectivity index (χ2v) is 14.0. The summed E-state index contributed by atoms with van der Waals surface area (Å²) in [5.41, 5.74) is 0. The van der Waals surface area contributed by atoms with Crippen LogP contribution in [0.15, 0.2) is 51.1 Å². The molecule has 1 saturated carbocycles. The maximum Gasteiger partial charge on any atom is 0.324 e. The highest BCUT2D eigenvalue weighted by Crippen LogP contribution is 2.34. The lowest BCUT2D eigenvalue weighted by atomic mass is 9.77. The third kappa shape index (κ3) is 7.13. The van der Waals surface area contributed by atoms with Crippen molar-refractivity contribution in [1.29, 1.82) is 0 Å². The maximum atomic E-state index is 13.6. The summed E-state index contributed by atoms with van der Waals surface area (Å²) in [5, 5.41) is 1.54. The third-order valence-corrected chi connectivity index (χ3v) is 10.2. The van der Waals surface area contributed by atoms with Gasteiger partial charge in [-0.15, -0.1) is 0 Å². The topological polar surface area (TPSA) is 102 Å². The Labute approximate surface area is 199 Å². The lowest BCUT2D eigenvalue weighted by molar-refractivity contribution is -0.146. The van der Waals surface area contributed by atoms with E-state index in [1.165, 1.54) is 7.05 Å². The monoisotopic (exact) mass is 498 g/mol. The molecule has 0 spiro atoms. The number of benzene rings is 1. The van der Waals surface area contributed by atoms with Crippen molar-refractivity contribution in [3.63, 3.8) is 0 Å². The molecule has 1 fully saturated rings. The van der Waals surface area contributed by atoms with Crippen LogP contribution in [0.25, 0.3) is 0 Å². The highest BCUT2D eigenvalue weighted by atomic mass is 32.2. The standard InChI is InChI=1S/C24H38N2O5S2/c1-6-31-23(27)22(26-33(29,30)24(2,3)4)21(19-13-9-7-10-14-19)17-18-32(28,25-5)20-15-11-8-12-16-20/h8,11-12,15-19,21-22,26H,6-7,9-10,13-14H2,1-5H3/b18-17+/t21-,22-,32?/m0/s1. The molecule has 0 saturated heterocycles. The second-order valence-electron chi connectivity index (χ2n) is 9.33. The molecule has 1 N–H and O–H groups in total. The molecule has 0 bridgehead atoms. The first-order valence-electron chi connectivity index (χ1n) is 11.5. The molecule has 2 rings (SSSR count). The molecule has 0 amide bonds. The van der Waals surface area contributed by atoms with Gasteiger partial charge in [0, 0.05) is 18.4 Å². The van der Waals surface area contributed by atoms with Gasteiger partial charge in [0.15, 0.2) is 0 Å². The molecule has 1 aliphatic rings. The molecule has 9 heteroatoms. The lowest BCUT2D eigenvalue weighted by Gasteiger charge is -2.34. The van der Waals surface area contributed by atoms with Gasteiger partial charge in [0.1, 0.15) is 6.04 Å². The van der Waals surface area contributed by atoms with Gasteiger partial charge in [-0.1, -0.05) is 43.5 Å². The van der Waals surface area contributed by atoms with Gasteiger partial charge in [-0.3, -0.25) is 4.79 Å². The van der Waals surface area contributed by atoms with E-state index in [0.29, 0.717) is 4.90 Å². The first-order valence-corrected chi connectivity index (χ1v) is 14.6. The van der Waals surface area contributed by atoms with Crippen molar-refractivity contribution in [2.24, 2.45) is 16.2 Å². The molecule has 3 atom stereocenters. The molecule has 186 valence electrons. The van der Waals surface area contributed by atoms with E-state index in [1.54, 1.807) is 63.4 Å². The SMILES string of the molecule is CCOC(=O)[C@@H](NS(=O)(=O)C(C)(C)C)[C@@H](/C=C/S(=O)(=NC)c1ccccc1)C1CCCCC1. The van der Waals surface area contributed by atoms with Gasteiger partial charge in [-0.25, -0.2) is 17.0 Å². The van der Waals surface area contributed by atoms with Crippen molar-refractivity contribution in [2.75, 3.05) is 13.7 Å². The summed E-state index contributed by atoms with van der Waals surface area (Å²) in [4.78, 5) is 13.6. The molecule has 1 unspecified atom stereocenters. The van der Waals surface area contributed by atoms with E-state index in [-0.39, 0.29) is 12.5 Å². The van der Waals surface area contributed by atoms with Crippen LogP contribution < -0.4 is 4.72 Å². The van der Waals surface area contributed by atoms with Gasteiger partial charge in [-0.05, 0) is 58.6 Å². The van der Waals surface area contributed by atoms with Crippen molar-refractivity contribution >= 4 is 25.7 Å². The molecule has 33 heavy (non-hydrogen) atoms. The Bertz CT molecular complexity index is 1030. The summed E-state index contributed by atoms with van der Waals surface area (Å²) in [7, 11) is -5.20. The molecular weight excluding hydrogens is 460 g/mol. The fourth-order valence-electron chi connectivity index (χ4n) is 3.98. The largest absolute Gasteiger partial charge is 0.465 e. The van der Waals surface area contributed by atoms with Crippen LogP contribution >= 0.6 is 0 Å². The Morgan fingerprint density at radius 2 is 1.76 bits per heavy atom. The number of hydrogen-bond acceptors (Lipinski definition) is 6. The summed E-state index contributed by atoms with van der Waals surface area (Å²) < 4.78 is 50.6. The highest BCUT2D eigenvalue weighted by molar-refractivity contribution is 7.96. The van der Waals surface area contributed by atoms with Crippen LogP contribution in [-0.4, -0.2) is 43.0 Å². The Balaban J connectivity index is 2.55.